The van der Waals surface area contributed by atoms with Crippen LogP contribution in [-0.2, 0) is 4.74 Å². The van der Waals surface area contributed by atoms with Gasteiger partial charge in [0.15, 0.2) is 0 Å². The normalized spacial score (nSPS) is 11.2. The van der Waals surface area contributed by atoms with Gasteiger partial charge in [0.05, 0.1) is 5.56 Å². The molecule has 0 unspecified atom stereocenters. The first kappa shape index (κ1) is 12.0. The largest absolute Gasteiger partial charge is 0.460 e. The van der Waals surface area contributed by atoms with Gasteiger partial charge in [0.25, 0.3) is 0 Å². The number of ether oxygens (including phenoxy) is 1. The number of halogens is 1. The van der Waals surface area contributed by atoms with Crippen molar-refractivity contribution in [1.82, 2.24) is 0 Å². The van der Waals surface area contributed by atoms with E-state index in [9.17, 15) is 4.79 Å². The lowest BCUT2D eigenvalue weighted by Gasteiger charge is -2.17. The average molecular weight is 228 g/mol. The van der Waals surface area contributed by atoms with Crippen molar-refractivity contribution in [3.8, 4) is 0 Å². The Morgan fingerprint density at radius 3 is 2.73 bits per heavy atom. The molecule has 15 heavy (non-hydrogen) atoms. The zero-order valence-corrected chi connectivity index (χ0v) is 9.54. The second-order valence-electron chi connectivity index (χ2n) is 4.08. The number of carbonyl (C=O) groups is 1. The highest BCUT2D eigenvalue weighted by Crippen LogP contribution is 2.12. The average Bonchev–Trinajstić information content (AvgIpc) is 2.13. The summed E-state index contributed by atoms with van der Waals surface area (Å²) >= 11 is 5.75. The van der Waals surface area contributed by atoms with Crippen molar-refractivity contribution < 1.29 is 9.53 Å². The van der Waals surface area contributed by atoms with Crippen LogP contribution in [-0.4, -0.2) is 18.1 Å². The summed E-state index contributed by atoms with van der Waals surface area (Å²) in [7, 11) is 0. The molecule has 2 N–H and O–H groups in total. The van der Waals surface area contributed by atoms with Gasteiger partial charge in [0.2, 0.25) is 0 Å². The summed E-state index contributed by atoms with van der Waals surface area (Å²) in [4.78, 5) is 11.5. The van der Waals surface area contributed by atoms with Gasteiger partial charge in [-0.3, -0.25) is 0 Å². The van der Waals surface area contributed by atoms with Gasteiger partial charge >= 0.3 is 5.97 Å². The van der Waals surface area contributed by atoms with Gasteiger partial charge in [-0.05, 0) is 32.0 Å². The Kier molecular flexibility index (Phi) is 3.72. The van der Waals surface area contributed by atoms with Gasteiger partial charge in [0, 0.05) is 10.6 Å². The maximum absolute atomic E-state index is 11.5. The first-order valence-corrected chi connectivity index (χ1v) is 4.98. The van der Waals surface area contributed by atoms with E-state index in [1.165, 1.54) is 0 Å². The molecule has 1 rings (SSSR count). The number of carbonyl (C=O) groups excluding carboxylic acids is 1. The van der Waals surface area contributed by atoms with Crippen LogP contribution in [0, 0.1) is 0 Å². The van der Waals surface area contributed by atoms with E-state index in [-0.39, 0.29) is 6.61 Å². The van der Waals surface area contributed by atoms with Crippen LogP contribution in [0.5, 0.6) is 0 Å². The van der Waals surface area contributed by atoms with Crippen LogP contribution in [0.1, 0.15) is 24.2 Å². The molecule has 0 heterocycles. The highest BCUT2D eigenvalue weighted by atomic mass is 35.5. The summed E-state index contributed by atoms with van der Waals surface area (Å²) < 4.78 is 5.02. The van der Waals surface area contributed by atoms with Gasteiger partial charge in [-0.1, -0.05) is 17.7 Å². The van der Waals surface area contributed by atoms with Crippen LogP contribution in [0.2, 0.25) is 5.02 Å². The molecule has 82 valence electrons. The third-order valence-corrected chi connectivity index (χ3v) is 1.87. The molecule has 4 heteroatoms. The summed E-state index contributed by atoms with van der Waals surface area (Å²) in [5.74, 6) is -0.406. The molecule has 0 spiro atoms. The van der Waals surface area contributed by atoms with Crippen LogP contribution >= 0.6 is 11.6 Å². The monoisotopic (exact) mass is 227 g/mol. The zero-order chi connectivity index (χ0) is 11.5. The Morgan fingerprint density at radius 2 is 2.20 bits per heavy atom. The molecule has 0 bridgehead atoms. The van der Waals surface area contributed by atoms with E-state index >= 15 is 0 Å². The van der Waals surface area contributed by atoms with Crippen molar-refractivity contribution in [3.63, 3.8) is 0 Å². The minimum atomic E-state index is -0.520. The van der Waals surface area contributed by atoms with Gasteiger partial charge in [0.1, 0.15) is 6.61 Å². The predicted octanol–water partition coefficient (Wildman–Crippen LogP) is 2.23. The lowest BCUT2D eigenvalue weighted by molar-refractivity contribution is 0.0433. The van der Waals surface area contributed by atoms with Gasteiger partial charge in [-0.2, -0.15) is 0 Å². The third-order valence-electron chi connectivity index (χ3n) is 1.64. The predicted molar refractivity (Wildman–Crippen MR) is 60.0 cm³/mol. The molecular formula is C11H14ClNO2. The lowest BCUT2D eigenvalue weighted by atomic mass is 10.1. The quantitative estimate of drug-likeness (QED) is 0.806. The number of benzene rings is 1. The second kappa shape index (κ2) is 4.64. The van der Waals surface area contributed by atoms with E-state index in [1.807, 2.05) is 0 Å². The van der Waals surface area contributed by atoms with Crippen LogP contribution in [0.3, 0.4) is 0 Å². The van der Waals surface area contributed by atoms with Crippen LogP contribution < -0.4 is 5.73 Å². The van der Waals surface area contributed by atoms with Crippen molar-refractivity contribution in [3.05, 3.63) is 34.9 Å². The van der Waals surface area contributed by atoms with Crippen molar-refractivity contribution >= 4 is 17.6 Å². The summed E-state index contributed by atoms with van der Waals surface area (Å²) in [6.07, 6.45) is 0. The Hall–Kier alpha value is -1.06. The molecule has 0 aliphatic rings. The summed E-state index contributed by atoms with van der Waals surface area (Å²) in [5, 5.41) is 0.511. The van der Waals surface area contributed by atoms with Gasteiger partial charge in [-0.15, -0.1) is 0 Å². The second-order valence-corrected chi connectivity index (χ2v) is 4.51. The Morgan fingerprint density at radius 1 is 1.53 bits per heavy atom. The summed E-state index contributed by atoms with van der Waals surface area (Å²) in [6, 6.07) is 6.61. The maximum Gasteiger partial charge on any atom is 0.338 e. The van der Waals surface area contributed by atoms with E-state index in [2.05, 4.69) is 0 Å². The number of hydrogen-bond donors (Lipinski definition) is 1. The van der Waals surface area contributed by atoms with E-state index in [4.69, 9.17) is 22.1 Å². The maximum atomic E-state index is 11.5. The molecule has 0 fully saturated rings. The highest BCUT2D eigenvalue weighted by Gasteiger charge is 2.15. The van der Waals surface area contributed by atoms with E-state index in [0.717, 1.165) is 0 Å². The standard InChI is InChI=1S/C11H14ClNO2/c1-11(2,13)7-15-10(14)8-4-3-5-9(12)6-8/h3-6H,7,13H2,1-2H3. The van der Waals surface area contributed by atoms with Crippen molar-refractivity contribution in [2.24, 2.45) is 5.73 Å². The third kappa shape index (κ3) is 4.32. The molecule has 0 saturated heterocycles. The molecule has 0 aromatic heterocycles. The molecule has 0 atom stereocenters. The Balaban J connectivity index is 2.62. The number of rotatable bonds is 3. The highest BCUT2D eigenvalue weighted by molar-refractivity contribution is 6.30. The molecule has 0 aliphatic carbocycles. The van der Waals surface area contributed by atoms with Crippen molar-refractivity contribution in [1.29, 1.82) is 0 Å². The topological polar surface area (TPSA) is 52.3 Å². The smallest absolute Gasteiger partial charge is 0.338 e. The van der Waals surface area contributed by atoms with Crippen molar-refractivity contribution in [2.75, 3.05) is 6.61 Å². The summed E-state index contributed by atoms with van der Waals surface area (Å²) in [5.41, 5.74) is 5.61. The molecule has 1 aromatic carbocycles. The first-order chi connectivity index (χ1) is 6.88. The molecule has 0 aliphatic heterocycles. The summed E-state index contributed by atoms with van der Waals surface area (Å²) in [6.45, 7) is 3.76. The molecule has 0 radical (unpaired) electrons. The fraction of sp³-hybridized carbons (Fsp3) is 0.364. The van der Waals surface area contributed by atoms with Crippen LogP contribution in [0.4, 0.5) is 0 Å². The number of esters is 1. The van der Waals surface area contributed by atoms with E-state index in [0.29, 0.717) is 10.6 Å². The molecule has 0 saturated carbocycles. The molecular weight excluding hydrogens is 214 g/mol. The fourth-order valence-corrected chi connectivity index (χ4v) is 1.14. The number of hydrogen-bond acceptors (Lipinski definition) is 3. The first-order valence-electron chi connectivity index (χ1n) is 4.60. The minimum absolute atomic E-state index is 0.179. The molecule has 3 nitrogen and oxygen atoms in total. The minimum Gasteiger partial charge on any atom is -0.460 e. The van der Waals surface area contributed by atoms with Crippen LogP contribution in [0.15, 0.2) is 24.3 Å². The van der Waals surface area contributed by atoms with E-state index < -0.39 is 11.5 Å². The van der Waals surface area contributed by atoms with Crippen LogP contribution in [0.25, 0.3) is 0 Å². The molecule has 1 aromatic rings. The fourth-order valence-electron chi connectivity index (χ4n) is 0.950. The lowest BCUT2D eigenvalue weighted by Crippen LogP contribution is -2.38. The molecule has 0 amide bonds. The van der Waals surface area contributed by atoms with Gasteiger partial charge in [-0.25, -0.2) is 4.79 Å². The zero-order valence-electron chi connectivity index (χ0n) is 8.79. The number of nitrogens with two attached hydrogens (primary N) is 1. The van der Waals surface area contributed by atoms with Crippen molar-refractivity contribution in [2.45, 2.75) is 19.4 Å². The SMILES string of the molecule is CC(C)(N)COC(=O)c1cccc(Cl)c1. The Bertz CT molecular complexity index is 358. The van der Waals surface area contributed by atoms with Gasteiger partial charge < -0.3 is 10.5 Å². The van der Waals surface area contributed by atoms with E-state index in [1.54, 1.807) is 38.1 Å². The Labute approximate surface area is 94.2 Å².